The maximum Gasteiger partial charge on any atom is 0.416 e. The molecule has 1 heterocycles. The highest BCUT2D eigenvalue weighted by Crippen LogP contribution is 2.31. The number of rotatable bonds is 7. The third-order valence-electron chi connectivity index (χ3n) is 5.01. The zero-order valence-corrected chi connectivity index (χ0v) is 18.7. The van der Waals surface area contributed by atoms with E-state index in [0.717, 1.165) is 12.1 Å². The van der Waals surface area contributed by atoms with Crippen LogP contribution < -0.4 is 10.5 Å². The van der Waals surface area contributed by atoms with Crippen LogP contribution in [0, 0.1) is 5.82 Å². The summed E-state index contributed by atoms with van der Waals surface area (Å²) in [7, 11) is -4.03. The molecule has 4 rings (SSSR count). The molecule has 0 bridgehead atoms. The molecule has 8 nitrogen and oxygen atoms in total. The van der Waals surface area contributed by atoms with Crippen LogP contribution in [0.1, 0.15) is 22.5 Å². The number of aromatic nitrogens is 4. The quantitative estimate of drug-likeness (QED) is 0.368. The highest BCUT2D eigenvalue weighted by molar-refractivity contribution is 7.89. The number of nitrogens with zero attached hydrogens (tertiary/aromatic N) is 4. The number of sulfonamides is 1. The Morgan fingerprint density at radius 3 is 2.34 bits per heavy atom. The van der Waals surface area contributed by atoms with Crippen molar-refractivity contribution in [3.8, 4) is 0 Å². The molecule has 0 spiro atoms. The standard InChI is InChI=1S/C22H18F4N6O2S/c23-19-4-2-1-3-14(19)13-32-30-21(29-31-32)12-15-11-18(35(27,33)34)9-10-20(15)28-17-7-5-16(6-8-17)22(24,25)26/h1-11,28H,12-13H2,(H2,27,33,34). The topological polar surface area (TPSA) is 116 Å². The van der Waals surface area contributed by atoms with E-state index in [1.54, 1.807) is 18.2 Å². The summed E-state index contributed by atoms with van der Waals surface area (Å²) < 4.78 is 76.1. The van der Waals surface area contributed by atoms with Gasteiger partial charge in [-0.2, -0.15) is 18.0 Å². The van der Waals surface area contributed by atoms with Crippen molar-refractivity contribution in [3.63, 3.8) is 0 Å². The Morgan fingerprint density at radius 2 is 1.69 bits per heavy atom. The van der Waals surface area contributed by atoms with Crippen LogP contribution in [-0.2, 0) is 29.2 Å². The van der Waals surface area contributed by atoms with Gasteiger partial charge in [-0.25, -0.2) is 17.9 Å². The summed E-state index contributed by atoms with van der Waals surface area (Å²) >= 11 is 0. The van der Waals surface area contributed by atoms with Gasteiger partial charge in [-0.15, -0.1) is 10.2 Å². The molecule has 0 unspecified atom stereocenters. The van der Waals surface area contributed by atoms with Crippen LogP contribution in [0.3, 0.4) is 0 Å². The Balaban J connectivity index is 1.61. The summed E-state index contributed by atoms with van der Waals surface area (Å²) in [6.07, 6.45) is -4.45. The van der Waals surface area contributed by atoms with E-state index in [0.29, 0.717) is 22.5 Å². The summed E-state index contributed by atoms with van der Waals surface area (Å²) in [5, 5.41) is 20.3. The van der Waals surface area contributed by atoms with Crippen molar-refractivity contribution in [2.24, 2.45) is 5.14 Å². The molecule has 4 aromatic rings. The van der Waals surface area contributed by atoms with Gasteiger partial charge in [0.25, 0.3) is 0 Å². The molecular weight excluding hydrogens is 488 g/mol. The van der Waals surface area contributed by atoms with Crippen LogP contribution in [-0.4, -0.2) is 28.6 Å². The molecule has 13 heteroatoms. The molecule has 35 heavy (non-hydrogen) atoms. The lowest BCUT2D eigenvalue weighted by atomic mass is 10.1. The summed E-state index contributed by atoms with van der Waals surface area (Å²) in [4.78, 5) is 1.03. The normalized spacial score (nSPS) is 12.0. The van der Waals surface area contributed by atoms with Crippen LogP contribution in [0.4, 0.5) is 28.9 Å². The highest BCUT2D eigenvalue weighted by Gasteiger charge is 2.30. The van der Waals surface area contributed by atoms with E-state index < -0.39 is 27.6 Å². The van der Waals surface area contributed by atoms with Crippen molar-refractivity contribution in [2.45, 2.75) is 24.0 Å². The molecule has 0 atom stereocenters. The summed E-state index contributed by atoms with van der Waals surface area (Å²) in [6, 6.07) is 14.5. The lowest BCUT2D eigenvalue weighted by Crippen LogP contribution is -2.13. The number of benzene rings is 3. The van der Waals surface area contributed by atoms with Crippen molar-refractivity contribution in [2.75, 3.05) is 5.32 Å². The molecule has 1 aromatic heterocycles. The lowest BCUT2D eigenvalue weighted by Gasteiger charge is -2.14. The Morgan fingerprint density at radius 1 is 0.971 bits per heavy atom. The van der Waals surface area contributed by atoms with Gasteiger partial charge in [0.2, 0.25) is 10.0 Å². The number of nitrogens with one attached hydrogen (secondary N) is 1. The van der Waals surface area contributed by atoms with Gasteiger partial charge >= 0.3 is 6.18 Å². The predicted octanol–water partition coefficient (Wildman–Crippen LogP) is 3.86. The van der Waals surface area contributed by atoms with E-state index in [4.69, 9.17) is 5.14 Å². The maximum atomic E-state index is 13.9. The second-order valence-corrected chi connectivity index (χ2v) is 9.13. The second kappa shape index (κ2) is 9.43. The zero-order valence-electron chi connectivity index (χ0n) is 17.9. The summed E-state index contributed by atoms with van der Waals surface area (Å²) in [6.45, 7) is 0.0353. The number of primary sulfonamides is 1. The summed E-state index contributed by atoms with van der Waals surface area (Å²) in [5.74, 6) is -0.210. The molecule has 0 saturated heterocycles. The third kappa shape index (κ3) is 6.00. The average Bonchev–Trinajstić information content (AvgIpc) is 3.22. The van der Waals surface area contributed by atoms with Gasteiger partial charge in [0.15, 0.2) is 5.82 Å². The van der Waals surface area contributed by atoms with Crippen LogP contribution in [0.2, 0.25) is 0 Å². The lowest BCUT2D eigenvalue weighted by molar-refractivity contribution is -0.137. The predicted molar refractivity (Wildman–Crippen MR) is 119 cm³/mol. The first-order valence-electron chi connectivity index (χ1n) is 10.1. The van der Waals surface area contributed by atoms with Gasteiger partial charge in [-0.05, 0) is 59.3 Å². The number of halogens is 4. The minimum atomic E-state index is -4.47. The van der Waals surface area contributed by atoms with Crippen molar-refractivity contribution >= 4 is 21.4 Å². The minimum absolute atomic E-state index is 0.0175. The first-order valence-corrected chi connectivity index (χ1v) is 11.6. The maximum absolute atomic E-state index is 13.9. The van der Waals surface area contributed by atoms with Gasteiger partial charge in [-0.3, -0.25) is 0 Å². The fourth-order valence-corrected chi connectivity index (χ4v) is 3.84. The van der Waals surface area contributed by atoms with Crippen molar-refractivity contribution in [1.29, 1.82) is 0 Å². The van der Waals surface area contributed by atoms with Gasteiger partial charge in [0.05, 0.1) is 17.0 Å². The molecular formula is C22H18F4N6O2S. The Labute approximate surface area is 197 Å². The number of hydrogen-bond donors (Lipinski definition) is 2. The minimum Gasteiger partial charge on any atom is -0.355 e. The highest BCUT2D eigenvalue weighted by atomic mass is 32.2. The molecule has 0 saturated carbocycles. The van der Waals surface area contributed by atoms with E-state index in [1.165, 1.54) is 41.2 Å². The van der Waals surface area contributed by atoms with Crippen molar-refractivity contribution in [1.82, 2.24) is 20.2 Å². The van der Waals surface area contributed by atoms with Crippen LogP contribution in [0.15, 0.2) is 71.6 Å². The second-order valence-electron chi connectivity index (χ2n) is 7.57. The zero-order chi connectivity index (χ0) is 25.2. The SMILES string of the molecule is NS(=O)(=O)c1ccc(Nc2ccc(C(F)(F)F)cc2)c(Cc2nnn(Cc3ccccc3F)n2)c1. The first kappa shape index (κ1) is 24.3. The van der Waals surface area contributed by atoms with Gasteiger partial charge in [0.1, 0.15) is 5.82 Å². The fraction of sp³-hybridized carbons (Fsp3) is 0.136. The third-order valence-corrected chi connectivity index (χ3v) is 5.92. The molecule has 182 valence electrons. The molecule has 0 fully saturated rings. The average molecular weight is 506 g/mol. The van der Waals surface area contributed by atoms with Crippen LogP contribution >= 0.6 is 0 Å². The largest absolute Gasteiger partial charge is 0.416 e. The van der Waals surface area contributed by atoms with Gasteiger partial charge in [0, 0.05) is 23.4 Å². The van der Waals surface area contributed by atoms with E-state index >= 15 is 0 Å². The van der Waals surface area contributed by atoms with Gasteiger partial charge in [-0.1, -0.05) is 18.2 Å². The molecule has 0 amide bonds. The molecule has 3 N–H and O–H groups in total. The van der Waals surface area contributed by atoms with Gasteiger partial charge < -0.3 is 5.32 Å². The number of hydrogen-bond acceptors (Lipinski definition) is 6. The van der Waals surface area contributed by atoms with E-state index in [2.05, 4.69) is 20.7 Å². The molecule has 3 aromatic carbocycles. The Hall–Kier alpha value is -3.84. The molecule has 0 aliphatic heterocycles. The number of nitrogens with two attached hydrogens (primary N) is 1. The van der Waals surface area contributed by atoms with E-state index in [9.17, 15) is 26.0 Å². The first-order chi connectivity index (χ1) is 16.5. The van der Waals surface area contributed by atoms with Crippen molar-refractivity contribution in [3.05, 3.63) is 95.1 Å². The Kier molecular flexibility index (Phi) is 6.54. The number of alkyl halides is 3. The van der Waals surface area contributed by atoms with E-state index in [1.807, 2.05) is 0 Å². The summed E-state index contributed by atoms with van der Waals surface area (Å²) in [5.41, 5.74) is 0.712. The molecule has 0 aliphatic rings. The molecule has 0 aliphatic carbocycles. The molecule has 0 radical (unpaired) electrons. The van der Waals surface area contributed by atoms with Crippen molar-refractivity contribution < 1.29 is 26.0 Å². The fourth-order valence-electron chi connectivity index (χ4n) is 3.28. The Bertz CT molecular complexity index is 1450. The number of tetrazole rings is 1. The van der Waals surface area contributed by atoms with E-state index in [-0.39, 0.29) is 23.7 Å². The monoisotopic (exact) mass is 506 g/mol. The van der Waals surface area contributed by atoms with Crippen LogP contribution in [0.5, 0.6) is 0 Å². The smallest absolute Gasteiger partial charge is 0.355 e. The number of anilines is 2. The van der Waals surface area contributed by atoms with Crippen LogP contribution in [0.25, 0.3) is 0 Å².